The number of amides is 1. The van der Waals surface area contributed by atoms with Crippen LogP contribution in [0.25, 0.3) is 0 Å². The number of halogens is 3. The van der Waals surface area contributed by atoms with Crippen molar-refractivity contribution in [2.45, 2.75) is 19.1 Å². The third kappa shape index (κ3) is 6.66. The molecule has 1 aliphatic heterocycles. The molecule has 1 fully saturated rings. The van der Waals surface area contributed by atoms with Gasteiger partial charge in [-0.05, 0) is 29.8 Å². The standard InChI is InChI=1S/C21H23F3N4O4/c22-21(23,24)16-3-6-18(19(13-16)28(30)31)25-8-7-20(29)26-17-4-1-15(2-5-17)14-27-9-11-32-12-10-27/h1-6,13,25H,7-12,14H2,(H,26,29). The molecule has 0 radical (unpaired) electrons. The third-order valence-corrected chi connectivity index (χ3v) is 4.94. The normalized spacial score (nSPS) is 14.7. The second kappa shape index (κ2) is 10.4. The number of alkyl halides is 3. The van der Waals surface area contributed by atoms with Crippen LogP contribution in [0.5, 0.6) is 0 Å². The zero-order chi connectivity index (χ0) is 23.1. The summed E-state index contributed by atoms with van der Waals surface area (Å²) in [6.07, 6.45) is -4.70. The molecule has 172 valence electrons. The first-order chi connectivity index (χ1) is 15.2. The maximum atomic E-state index is 12.8. The molecule has 0 aromatic heterocycles. The minimum atomic E-state index is -4.68. The van der Waals surface area contributed by atoms with Gasteiger partial charge in [-0.25, -0.2) is 0 Å². The first kappa shape index (κ1) is 23.5. The minimum absolute atomic E-state index is 0.0201. The highest BCUT2D eigenvalue weighted by atomic mass is 19.4. The average molecular weight is 452 g/mol. The van der Waals surface area contributed by atoms with Crippen molar-refractivity contribution in [2.75, 3.05) is 43.5 Å². The summed E-state index contributed by atoms with van der Waals surface area (Å²) in [5, 5.41) is 16.5. The van der Waals surface area contributed by atoms with E-state index in [1.54, 1.807) is 12.1 Å². The predicted molar refractivity (Wildman–Crippen MR) is 112 cm³/mol. The summed E-state index contributed by atoms with van der Waals surface area (Å²) in [4.78, 5) is 24.6. The number of nitro groups is 1. The van der Waals surface area contributed by atoms with Crippen LogP contribution in [0.2, 0.25) is 0 Å². The molecule has 3 rings (SSSR count). The topological polar surface area (TPSA) is 96.7 Å². The van der Waals surface area contributed by atoms with Gasteiger partial charge in [0.25, 0.3) is 5.69 Å². The molecule has 0 spiro atoms. The second-order valence-electron chi connectivity index (χ2n) is 7.30. The highest BCUT2D eigenvalue weighted by Gasteiger charge is 2.33. The lowest BCUT2D eigenvalue weighted by Gasteiger charge is -2.26. The SMILES string of the molecule is O=C(CCNc1ccc(C(F)(F)F)cc1[N+](=O)[O-])Nc1ccc(CN2CCOCC2)cc1. The van der Waals surface area contributed by atoms with Crippen LogP contribution >= 0.6 is 0 Å². The van der Waals surface area contributed by atoms with E-state index in [0.29, 0.717) is 11.8 Å². The quantitative estimate of drug-likeness (QED) is 0.466. The van der Waals surface area contributed by atoms with E-state index in [2.05, 4.69) is 15.5 Å². The van der Waals surface area contributed by atoms with Gasteiger partial charge in [0.15, 0.2) is 0 Å². The lowest BCUT2D eigenvalue weighted by molar-refractivity contribution is -0.384. The number of hydrogen-bond donors (Lipinski definition) is 2. The number of rotatable bonds is 8. The number of nitrogens with one attached hydrogen (secondary N) is 2. The van der Waals surface area contributed by atoms with Crippen molar-refractivity contribution in [3.8, 4) is 0 Å². The number of morpholine rings is 1. The van der Waals surface area contributed by atoms with Crippen LogP contribution in [0, 0.1) is 10.1 Å². The zero-order valence-electron chi connectivity index (χ0n) is 17.2. The molecule has 1 aliphatic rings. The second-order valence-corrected chi connectivity index (χ2v) is 7.30. The summed E-state index contributed by atoms with van der Waals surface area (Å²) < 4.78 is 43.6. The van der Waals surface area contributed by atoms with Gasteiger partial charge in [0.05, 0.1) is 23.7 Å². The van der Waals surface area contributed by atoms with Gasteiger partial charge in [-0.1, -0.05) is 12.1 Å². The van der Waals surface area contributed by atoms with Gasteiger partial charge in [0, 0.05) is 44.4 Å². The van der Waals surface area contributed by atoms with Crippen molar-refractivity contribution < 1.29 is 27.6 Å². The Kier molecular flexibility index (Phi) is 7.65. The highest BCUT2D eigenvalue weighted by molar-refractivity contribution is 5.91. The number of carbonyl (C=O) groups is 1. The molecule has 1 heterocycles. The number of hydrogen-bond acceptors (Lipinski definition) is 6. The summed E-state index contributed by atoms with van der Waals surface area (Å²) in [6.45, 7) is 4.02. The monoisotopic (exact) mass is 452 g/mol. The highest BCUT2D eigenvalue weighted by Crippen LogP contribution is 2.34. The first-order valence-electron chi connectivity index (χ1n) is 10.0. The summed E-state index contributed by atoms with van der Waals surface area (Å²) in [5.74, 6) is -0.326. The lowest BCUT2D eigenvalue weighted by Crippen LogP contribution is -2.35. The number of carbonyl (C=O) groups excluding carboxylic acids is 1. The van der Waals surface area contributed by atoms with E-state index in [-0.39, 0.29) is 24.6 Å². The number of benzene rings is 2. The molecule has 0 atom stereocenters. The first-order valence-corrected chi connectivity index (χ1v) is 10.0. The van der Waals surface area contributed by atoms with Crippen molar-refractivity contribution in [3.05, 3.63) is 63.7 Å². The van der Waals surface area contributed by atoms with Crippen molar-refractivity contribution in [1.82, 2.24) is 4.90 Å². The Morgan fingerprint density at radius 3 is 2.44 bits per heavy atom. The Morgan fingerprint density at radius 2 is 1.81 bits per heavy atom. The van der Waals surface area contributed by atoms with Gasteiger partial charge >= 0.3 is 6.18 Å². The smallest absolute Gasteiger partial charge is 0.379 e. The number of ether oxygens (including phenoxy) is 1. The zero-order valence-corrected chi connectivity index (χ0v) is 17.2. The van der Waals surface area contributed by atoms with Gasteiger partial charge < -0.3 is 15.4 Å². The van der Waals surface area contributed by atoms with Gasteiger partial charge in [-0.3, -0.25) is 19.8 Å². The Hall–Kier alpha value is -3.18. The van der Waals surface area contributed by atoms with E-state index in [1.807, 2.05) is 12.1 Å². The molecule has 1 saturated heterocycles. The van der Waals surface area contributed by atoms with Crippen LogP contribution in [-0.2, 0) is 22.3 Å². The van der Waals surface area contributed by atoms with Crippen LogP contribution in [0.15, 0.2) is 42.5 Å². The van der Waals surface area contributed by atoms with E-state index in [1.165, 1.54) is 0 Å². The van der Waals surface area contributed by atoms with Gasteiger partial charge in [-0.2, -0.15) is 13.2 Å². The molecule has 2 aromatic rings. The summed E-state index contributed by atoms with van der Waals surface area (Å²) in [5.41, 5.74) is -0.161. The van der Waals surface area contributed by atoms with Crippen LogP contribution < -0.4 is 10.6 Å². The van der Waals surface area contributed by atoms with E-state index >= 15 is 0 Å². The molecule has 1 amide bonds. The summed E-state index contributed by atoms with van der Waals surface area (Å²) in [7, 11) is 0. The molecule has 0 saturated carbocycles. The Bertz CT molecular complexity index is 945. The lowest BCUT2D eigenvalue weighted by atomic mass is 10.1. The van der Waals surface area contributed by atoms with Gasteiger partial charge in [-0.15, -0.1) is 0 Å². The Morgan fingerprint density at radius 1 is 1.12 bits per heavy atom. The maximum Gasteiger partial charge on any atom is 0.416 e. The maximum absolute atomic E-state index is 12.8. The average Bonchev–Trinajstić information content (AvgIpc) is 2.75. The molecule has 2 N–H and O–H groups in total. The molecule has 32 heavy (non-hydrogen) atoms. The number of nitrogens with zero attached hydrogens (tertiary/aromatic N) is 2. The largest absolute Gasteiger partial charge is 0.416 e. The van der Waals surface area contributed by atoms with Gasteiger partial charge in [0.2, 0.25) is 5.91 Å². The summed E-state index contributed by atoms with van der Waals surface area (Å²) in [6, 6.07) is 9.66. The molecular formula is C21H23F3N4O4. The predicted octanol–water partition coefficient (Wildman–Crippen LogP) is 3.89. The van der Waals surface area contributed by atoms with Gasteiger partial charge in [0.1, 0.15) is 5.69 Å². The van der Waals surface area contributed by atoms with Crippen molar-refractivity contribution in [2.24, 2.45) is 0 Å². The van der Waals surface area contributed by atoms with E-state index in [9.17, 15) is 28.1 Å². The molecule has 0 unspecified atom stereocenters. The van der Waals surface area contributed by atoms with E-state index in [4.69, 9.17) is 4.74 Å². The van der Waals surface area contributed by atoms with Crippen molar-refractivity contribution >= 4 is 23.0 Å². The molecule has 11 heteroatoms. The Labute approximate surface area is 182 Å². The fraction of sp³-hybridized carbons (Fsp3) is 0.381. The summed E-state index contributed by atoms with van der Waals surface area (Å²) >= 11 is 0. The molecular weight excluding hydrogens is 429 g/mol. The van der Waals surface area contributed by atoms with Crippen LogP contribution in [-0.4, -0.2) is 48.6 Å². The molecule has 2 aromatic carbocycles. The minimum Gasteiger partial charge on any atom is -0.379 e. The number of nitro benzene ring substituents is 1. The van der Waals surface area contributed by atoms with Crippen LogP contribution in [0.3, 0.4) is 0 Å². The fourth-order valence-electron chi connectivity index (χ4n) is 3.25. The molecule has 0 bridgehead atoms. The van der Waals surface area contributed by atoms with Crippen molar-refractivity contribution in [3.63, 3.8) is 0 Å². The Balaban J connectivity index is 1.49. The van der Waals surface area contributed by atoms with E-state index in [0.717, 1.165) is 50.5 Å². The van der Waals surface area contributed by atoms with E-state index < -0.39 is 22.4 Å². The molecule has 0 aliphatic carbocycles. The van der Waals surface area contributed by atoms with Crippen LogP contribution in [0.4, 0.5) is 30.2 Å². The fourth-order valence-corrected chi connectivity index (χ4v) is 3.25. The molecule has 8 nitrogen and oxygen atoms in total. The van der Waals surface area contributed by atoms with Crippen LogP contribution in [0.1, 0.15) is 17.5 Å². The van der Waals surface area contributed by atoms with Crippen molar-refractivity contribution in [1.29, 1.82) is 0 Å². The third-order valence-electron chi connectivity index (χ3n) is 4.94. The number of anilines is 2.